The molecule has 6 heteroatoms. The molecule has 272 valence electrons. The molecule has 0 saturated carbocycles. The van der Waals surface area contributed by atoms with Crippen molar-refractivity contribution in [3.63, 3.8) is 0 Å². The van der Waals surface area contributed by atoms with Gasteiger partial charge in [0.05, 0.1) is 10.2 Å². The normalized spacial score (nSPS) is 11.4. The number of benzene rings is 8. The lowest BCUT2D eigenvalue weighted by Crippen LogP contribution is -2.00. The summed E-state index contributed by atoms with van der Waals surface area (Å²) >= 11 is 3.53. The SMILES string of the molecule is c1ccc(-c2ccc(-c3nc(-c4ccccc4)nc(-c4cccc5sc6ccc(-c7cccc8sc(-c9ccc(-c%10ccccc%10)cc9)nc78)cc6c45)n3)cc2)cc1. The molecular weight excluding hydrogens is 745 g/mol. The van der Waals surface area contributed by atoms with Crippen molar-refractivity contribution < 1.29 is 0 Å². The third kappa shape index (κ3) is 6.25. The first-order valence-electron chi connectivity index (χ1n) is 19.2. The largest absolute Gasteiger partial charge is 0.235 e. The highest BCUT2D eigenvalue weighted by molar-refractivity contribution is 7.26. The standard InChI is InChI=1S/C52H32N4S2/c1-4-12-33(13-5-1)35-22-26-38(27-23-35)50-54-49(37-16-8-3-9-17-37)55-51(56-50)42-19-11-20-45-47(42)43-32-40(30-31-44(43)57-45)41-18-10-21-46-48(41)53-52(58-46)39-28-24-36(25-29-39)34-14-6-2-7-15-34/h1-32H. The first-order chi connectivity index (χ1) is 28.7. The van der Waals surface area contributed by atoms with Gasteiger partial charge < -0.3 is 0 Å². The molecule has 4 nitrogen and oxygen atoms in total. The third-order valence-electron chi connectivity index (χ3n) is 10.6. The molecule has 8 aromatic carbocycles. The lowest BCUT2D eigenvalue weighted by Gasteiger charge is -2.10. The van der Waals surface area contributed by atoms with Gasteiger partial charge in [-0.1, -0.05) is 170 Å². The Kier molecular flexibility index (Phi) is 8.50. The van der Waals surface area contributed by atoms with Gasteiger partial charge >= 0.3 is 0 Å². The second kappa shape index (κ2) is 14.4. The van der Waals surface area contributed by atoms with Crippen molar-refractivity contribution >= 4 is 53.1 Å². The van der Waals surface area contributed by atoms with E-state index in [9.17, 15) is 0 Å². The number of para-hydroxylation sites is 1. The van der Waals surface area contributed by atoms with Crippen LogP contribution in [0.5, 0.6) is 0 Å². The average molecular weight is 777 g/mol. The monoisotopic (exact) mass is 776 g/mol. The summed E-state index contributed by atoms with van der Waals surface area (Å²) < 4.78 is 3.57. The van der Waals surface area contributed by atoms with Crippen LogP contribution >= 0.6 is 22.7 Å². The van der Waals surface area contributed by atoms with E-state index >= 15 is 0 Å². The van der Waals surface area contributed by atoms with Crippen LogP contribution in [-0.2, 0) is 0 Å². The van der Waals surface area contributed by atoms with Crippen LogP contribution in [-0.4, -0.2) is 19.9 Å². The maximum atomic E-state index is 5.25. The fourth-order valence-electron chi connectivity index (χ4n) is 7.71. The van der Waals surface area contributed by atoms with E-state index in [2.05, 4.69) is 164 Å². The Morgan fingerprint density at radius 3 is 1.41 bits per heavy atom. The van der Waals surface area contributed by atoms with Crippen LogP contribution in [0.15, 0.2) is 194 Å². The molecular formula is C52H32N4S2. The van der Waals surface area contributed by atoms with Crippen LogP contribution in [0.25, 0.3) is 109 Å². The highest BCUT2D eigenvalue weighted by atomic mass is 32.1. The number of thiazole rings is 1. The molecule has 58 heavy (non-hydrogen) atoms. The molecule has 3 aromatic heterocycles. The van der Waals surface area contributed by atoms with Gasteiger partial charge in [-0.25, -0.2) is 19.9 Å². The molecule has 0 fully saturated rings. The van der Waals surface area contributed by atoms with E-state index in [1.807, 2.05) is 30.3 Å². The Hall–Kier alpha value is -7.12. The van der Waals surface area contributed by atoms with E-state index < -0.39 is 0 Å². The zero-order valence-electron chi connectivity index (χ0n) is 31.1. The Morgan fingerprint density at radius 1 is 0.293 bits per heavy atom. The highest BCUT2D eigenvalue weighted by Gasteiger charge is 2.19. The van der Waals surface area contributed by atoms with Gasteiger partial charge in [0, 0.05) is 48.0 Å². The molecule has 0 aliphatic heterocycles. The van der Waals surface area contributed by atoms with Crippen LogP contribution in [0.2, 0.25) is 0 Å². The first-order valence-corrected chi connectivity index (χ1v) is 20.8. The van der Waals surface area contributed by atoms with Gasteiger partial charge in [-0.3, -0.25) is 0 Å². The fourth-order valence-corrected chi connectivity index (χ4v) is 9.82. The van der Waals surface area contributed by atoms with Crippen LogP contribution in [0.3, 0.4) is 0 Å². The minimum Gasteiger partial charge on any atom is -0.235 e. The number of hydrogen-bond donors (Lipinski definition) is 0. The number of nitrogens with zero attached hydrogens (tertiary/aromatic N) is 4. The quantitative estimate of drug-likeness (QED) is 0.162. The van der Waals surface area contributed by atoms with E-state index in [1.165, 1.54) is 36.2 Å². The topological polar surface area (TPSA) is 51.6 Å². The molecule has 11 aromatic rings. The Balaban J connectivity index is 1.02. The van der Waals surface area contributed by atoms with Gasteiger partial charge in [-0.15, -0.1) is 22.7 Å². The number of thiophene rings is 1. The van der Waals surface area contributed by atoms with Crippen molar-refractivity contribution in [2.45, 2.75) is 0 Å². The van der Waals surface area contributed by atoms with Gasteiger partial charge in [-0.05, 0) is 52.1 Å². The van der Waals surface area contributed by atoms with Crippen LogP contribution < -0.4 is 0 Å². The second-order valence-corrected chi connectivity index (χ2v) is 16.3. The second-order valence-electron chi connectivity index (χ2n) is 14.2. The van der Waals surface area contributed by atoms with Gasteiger partial charge in [0.15, 0.2) is 17.5 Å². The summed E-state index contributed by atoms with van der Waals surface area (Å²) in [5, 5.41) is 3.33. The smallest absolute Gasteiger partial charge is 0.164 e. The molecule has 3 heterocycles. The predicted molar refractivity (Wildman–Crippen MR) is 244 cm³/mol. The molecule has 0 spiro atoms. The van der Waals surface area contributed by atoms with E-state index in [4.69, 9.17) is 19.9 Å². The molecule has 0 N–H and O–H groups in total. The summed E-state index contributed by atoms with van der Waals surface area (Å²) in [5.41, 5.74) is 12.0. The van der Waals surface area contributed by atoms with Crippen molar-refractivity contribution in [1.82, 2.24) is 19.9 Å². The van der Waals surface area contributed by atoms with Crippen molar-refractivity contribution in [2.24, 2.45) is 0 Å². The minimum absolute atomic E-state index is 0.640. The summed E-state index contributed by atoms with van der Waals surface area (Å²) in [6.45, 7) is 0. The van der Waals surface area contributed by atoms with Crippen LogP contribution in [0, 0.1) is 0 Å². The van der Waals surface area contributed by atoms with Crippen molar-refractivity contribution in [1.29, 1.82) is 0 Å². The summed E-state index contributed by atoms with van der Waals surface area (Å²) in [5.74, 6) is 1.93. The molecule has 0 aliphatic carbocycles. The molecule has 0 saturated heterocycles. The van der Waals surface area contributed by atoms with E-state index in [1.54, 1.807) is 22.7 Å². The molecule has 0 amide bonds. The van der Waals surface area contributed by atoms with Crippen LogP contribution in [0.4, 0.5) is 0 Å². The lowest BCUT2D eigenvalue weighted by molar-refractivity contribution is 1.08. The summed E-state index contributed by atoms with van der Waals surface area (Å²) in [6, 6.07) is 68.0. The van der Waals surface area contributed by atoms with Gasteiger partial charge in [0.25, 0.3) is 0 Å². The van der Waals surface area contributed by atoms with Crippen LogP contribution in [0.1, 0.15) is 0 Å². The number of rotatable bonds is 7. The van der Waals surface area contributed by atoms with E-state index in [0.717, 1.165) is 54.9 Å². The number of aromatic nitrogens is 4. The maximum Gasteiger partial charge on any atom is 0.164 e. The molecule has 0 unspecified atom stereocenters. The Bertz CT molecular complexity index is 3250. The van der Waals surface area contributed by atoms with Gasteiger partial charge in [0.2, 0.25) is 0 Å². The fraction of sp³-hybridized carbons (Fsp3) is 0. The molecule has 11 rings (SSSR count). The lowest BCUT2D eigenvalue weighted by atomic mass is 9.99. The number of hydrogen-bond acceptors (Lipinski definition) is 6. The minimum atomic E-state index is 0.640. The van der Waals surface area contributed by atoms with Crippen molar-refractivity contribution in [3.8, 4) is 78.1 Å². The third-order valence-corrected chi connectivity index (χ3v) is 12.8. The molecule has 0 radical (unpaired) electrons. The van der Waals surface area contributed by atoms with Gasteiger partial charge in [-0.2, -0.15) is 0 Å². The molecule has 0 aliphatic rings. The zero-order valence-corrected chi connectivity index (χ0v) is 32.7. The summed E-state index contributed by atoms with van der Waals surface area (Å²) in [7, 11) is 0. The predicted octanol–water partition coefficient (Wildman–Crippen LogP) is 14.5. The van der Waals surface area contributed by atoms with E-state index in [0.29, 0.717) is 17.5 Å². The van der Waals surface area contributed by atoms with Gasteiger partial charge in [0.1, 0.15) is 5.01 Å². The molecule has 0 bridgehead atoms. The number of fused-ring (bicyclic) bond motifs is 4. The van der Waals surface area contributed by atoms with E-state index in [-0.39, 0.29) is 0 Å². The van der Waals surface area contributed by atoms with Crippen molar-refractivity contribution in [3.05, 3.63) is 194 Å². The molecule has 0 atom stereocenters. The zero-order chi connectivity index (χ0) is 38.4. The first kappa shape index (κ1) is 34.2. The summed E-state index contributed by atoms with van der Waals surface area (Å²) in [4.78, 5) is 20.6. The van der Waals surface area contributed by atoms with Crippen molar-refractivity contribution in [2.75, 3.05) is 0 Å². The Morgan fingerprint density at radius 2 is 0.776 bits per heavy atom. The summed E-state index contributed by atoms with van der Waals surface area (Å²) in [6.07, 6.45) is 0. The average Bonchev–Trinajstić information content (AvgIpc) is 3.92. The highest BCUT2D eigenvalue weighted by Crippen LogP contribution is 2.43. The maximum absolute atomic E-state index is 5.25. The Labute approximate surface area is 343 Å².